The number of carbonyl (C=O) groups is 2. The second kappa shape index (κ2) is 8.58. The van der Waals surface area contributed by atoms with Crippen molar-refractivity contribution in [2.24, 2.45) is 0 Å². The summed E-state index contributed by atoms with van der Waals surface area (Å²) in [4.78, 5) is 25.4. The molecule has 0 unspecified atom stereocenters. The van der Waals surface area contributed by atoms with Gasteiger partial charge in [0.2, 0.25) is 0 Å². The number of fused-ring (bicyclic) bond motifs is 2. The second-order valence-electron chi connectivity index (χ2n) is 7.70. The predicted octanol–water partition coefficient (Wildman–Crippen LogP) is 2.99. The summed E-state index contributed by atoms with van der Waals surface area (Å²) in [5.74, 6) is 0.265. The Labute approximate surface area is 181 Å². The Morgan fingerprint density at radius 1 is 1.13 bits per heavy atom. The molecule has 4 rings (SSSR count). The van der Waals surface area contributed by atoms with E-state index in [4.69, 9.17) is 4.74 Å². The Morgan fingerprint density at radius 2 is 1.87 bits per heavy atom. The summed E-state index contributed by atoms with van der Waals surface area (Å²) in [7, 11) is -3.83. The number of unbranched alkanes of at least 4 members (excludes halogenated alkanes) is 1. The highest BCUT2D eigenvalue weighted by Gasteiger charge is 2.40. The number of para-hydroxylation sites is 1. The normalized spacial score (nSPS) is 18.8. The molecule has 2 heterocycles. The van der Waals surface area contributed by atoms with Crippen LogP contribution in [-0.2, 0) is 16.4 Å². The van der Waals surface area contributed by atoms with Gasteiger partial charge in [-0.3, -0.25) is 4.79 Å². The molecule has 2 aliphatic heterocycles. The summed E-state index contributed by atoms with van der Waals surface area (Å²) in [5, 5.41) is 9.56. The zero-order valence-corrected chi connectivity index (χ0v) is 17.8. The molecule has 2 aromatic rings. The Balaban J connectivity index is 1.30. The van der Waals surface area contributed by atoms with Crippen LogP contribution in [0.15, 0.2) is 53.4 Å². The van der Waals surface area contributed by atoms with E-state index in [9.17, 15) is 23.1 Å². The number of rotatable bonds is 7. The molecule has 0 saturated heterocycles. The Morgan fingerprint density at radius 3 is 2.65 bits per heavy atom. The molecule has 31 heavy (non-hydrogen) atoms. The van der Waals surface area contributed by atoms with Crippen LogP contribution in [0.4, 0.5) is 4.79 Å². The van der Waals surface area contributed by atoms with Crippen molar-refractivity contribution in [3.8, 4) is 5.75 Å². The first-order valence-corrected chi connectivity index (χ1v) is 11.7. The second-order valence-corrected chi connectivity index (χ2v) is 9.53. The van der Waals surface area contributed by atoms with Crippen LogP contribution in [0.5, 0.6) is 5.75 Å². The maximum atomic E-state index is 12.6. The number of amides is 2. The van der Waals surface area contributed by atoms with E-state index in [0.29, 0.717) is 12.8 Å². The van der Waals surface area contributed by atoms with E-state index in [1.165, 1.54) is 17.0 Å². The highest BCUT2D eigenvalue weighted by Crippen LogP contribution is 2.30. The molecule has 8 nitrogen and oxygen atoms in total. The number of hydrogen-bond acceptors (Lipinski definition) is 5. The van der Waals surface area contributed by atoms with Gasteiger partial charge in [-0.15, -0.1) is 0 Å². The fourth-order valence-electron chi connectivity index (χ4n) is 4.03. The molecule has 1 N–H and O–H groups in total. The van der Waals surface area contributed by atoms with Crippen molar-refractivity contribution in [1.29, 1.82) is 0 Å². The van der Waals surface area contributed by atoms with Crippen molar-refractivity contribution in [3.63, 3.8) is 0 Å². The minimum absolute atomic E-state index is 0.0244. The van der Waals surface area contributed by atoms with Gasteiger partial charge in [0.25, 0.3) is 15.9 Å². The molecule has 164 valence electrons. The van der Waals surface area contributed by atoms with Crippen LogP contribution in [0.25, 0.3) is 0 Å². The third kappa shape index (κ3) is 4.23. The number of aryl methyl sites for hydroxylation is 1. The monoisotopic (exact) mass is 444 g/mol. The van der Waals surface area contributed by atoms with Gasteiger partial charge in [-0.1, -0.05) is 30.3 Å². The average molecular weight is 445 g/mol. The SMILES string of the molecule is O=C(O)N(CCCCN1C(=O)c2ccccc2S1(=O)=O)C[C@H]1CCc2ccccc2O1. The van der Waals surface area contributed by atoms with Gasteiger partial charge >= 0.3 is 6.09 Å². The molecule has 0 spiro atoms. The van der Waals surface area contributed by atoms with Gasteiger partial charge in [0, 0.05) is 13.1 Å². The summed E-state index contributed by atoms with van der Waals surface area (Å²) in [6, 6.07) is 13.9. The van der Waals surface area contributed by atoms with E-state index in [-0.39, 0.29) is 36.2 Å². The molecule has 0 saturated carbocycles. The minimum Gasteiger partial charge on any atom is -0.488 e. The molecule has 0 aromatic heterocycles. The maximum absolute atomic E-state index is 12.6. The summed E-state index contributed by atoms with van der Waals surface area (Å²) in [6.45, 7) is 0.512. The van der Waals surface area contributed by atoms with E-state index in [1.807, 2.05) is 24.3 Å². The van der Waals surface area contributed by atoms with E-state index in [2.05, 4.69) is 0 Å². The van der Waals surface area contributed by atoms with E-state index in [0.717, 1.165) is 28.5 Å². The summed E-state index contributed by atoms with van der Waals surface area (Å²) < 4.78 is 32.0. The number of sulfonamides is 1. The first kappa shape index (κ1) is 21.2. The Hall–Kier alpha value is -3.07. The first-order valence-electron chi connectivity index (χ1n) is 10.3. The fraction of sp³-hybridized carbons (Fsp3) is 0.364. The van der Waals surface area contributed by atoms with Gasteiger partial charge in [0.15, 0.2) is 0 Å². The number of benzene rings is 2. The highest BCUT2D eigenvalue weighted by molar-refractivity contribution is 7.90. The van der Waals surface area contributed by atoms with Crippen LogP contribution >= 0.6 is 0 Å². The lowest BCUT2D eigenvalue weighted by Gasteiger charge is -2.30. The van der Waals surface area contributed by atoms with Crippen molar-refractivity contribution in [1.82, 2.24) is 9.21 Å². The maximum Gasteiger partial charge on any atom is 0.407 e. The molecule has 2 amide bonds. The van der Waals surface area contributed by atoms with Gasteiger partial charge in [-0.05, 0) is 49.4 Å². The summed E-state index contributed by atoms with van der Waals surface area (Å²) in [5.41, 5.74) is 1.31. The number of carbonyl (C=O) groups excluding carboxylic acids is 1. The van der Waals surface area contributed by atoms with Crippen molar-refractivity contribution in [3.05, 3.63) is 59.7 Å². The van der Waals surface area contributed by atoms with Crippen LogP contribution < -0.4 is 4.74 Å². The van der Waals surface area contributed by atoms with Crippen LogP contribution in [0.1, 0.15) is 35.2 Å². The number of nitrogens with zero attached hydrogens (tertiary/aromatic N) is 2. The van der Waals surface area contributed by atoms with Crippen LogP contribution in [-0.4, -0.2) is 60.5 Å². The Bertz CT molecular complexity index is 1100. The van der Waals surface area contributed by atoms with Crippen LogP contribution in [0.3, 0.4) is 0 Å². The van der Waals surface area contributed by atoms with Gasteiger partial charge in [-0.2, -0.15) is 0 Å². The van der Waals surface area contributed by atoms with Gasteiger partial charge in [0.05, 0.1) is 12.1 Å². The fourth-order valence-corrected chi connectivity index (χ4v) is 5.64. The van der Waals surface area contributed by atoms with Gasteiger partial charge in [-0.25, -0.2) is 17.5 Å². The molecule has 9 heteroatoms. The third-order valence-electron chi connectivity index (χ3n) is 5.65. The molecular weight excluding hydrogens is 420 g/mol. The van der Waals surface area contributed by atoms with Crippen LogP contribution in [0.2, 0.25) is 0 Å². The summed E-state index contributed by atoms with van der Waals surface area (Å²) >= 11 is 0. The van der Waals surface area contributed by atoms with Gasteiger partial charge < -0.3 is 14.7 Å². The first-order chi connectivity index (χ1) is 14.9. The zero-order valence-electron chi connectivity index (χ0n) is 16.9. The molecular formula is C22H24N2O6S. The van der Waals surface area contributed by atoms with Crippen molar-refractivity contribution >= 4 is 22.0 Å². The molecule has 1 atom stereocenters. The molecule has 2 aliphatic rings. The Kier molecular flexibility index (Phi) is 5.86. The lowest BCUT2D eigenvalue weighted by Crippen LogP contribution is -2.41. The van der Waals surface area contributed by atoms with Crippen molar-refractivity contribution < 1.29 is 27.9 Å². The number of hydrogen-bond donors (Lipinski definition) is 1. The molecule has 0 radical (unpaired) electrons. The van der Waals surface area contributed by atoms with E-state index >= 15 is 0 Å². The third-order valence-corrected chi connectivity index (χ3v) is 7.49. The molecule has 2 aromatic carbocycles. The smallest absolute Gasteiger partial charge is 0.407 e. The largest absolute Gasteiger partial charge is 0.488 e. The molecule has 0 bridgehead atoms. The quantitative estimate of drug-likeness (QED) is 0.659. The summed E-state index contributed by atoms with van der Waals surface area (Å²) in [6.07, 6.45) is 1.12. The number of carboxylic acid groups (broad SMARTS) is 1. The van der Waals surface area contributed by atoms with E-state index in [1.54, 1.807) is 12.1 Å². The zero-order chi connectivity index (χ0) is 22.0. The minimum atomic E-state index is -3.83. The average Bonchev–Trinajstić information content (AvgIpc) is 2.96. The molecule has 0 aliphatic carbocycles. The van der Waals surface area contributed by atoms with Crippen LogP contribution in [0, 0.1) is 0 Å². The predicted molar refractivity (Wildman–Crippen MR) is 113 cm³/mol. The number of ether oxygens (including phenoxy) is 1. The lowest BCUT2D eigenvalue weighted by molar-refractivity contribution is 0.0861. The standard InChI is InChI=1S/C22H24N2O6S/c25-21-18-8-2-4-10-20(18)31(28,29)24(21)14-6-5-13-23(22(26)27)15-17-12-11-16-7-1-3-9-19(16)30-17/h1-4,7-10,17H,5-6,11-15H2,(H,26,27)/t17-/m1/s1. The van der Waals surface area contributed by atoms with Crippen molar-refractivity contribution in [2.75, 3.05) is 19.6 Å². The highest BCUT2D eigenvalue weighted by atomic mass is 32.2. The molecule has 0 fully saturated rings. The van der Waals surface area contributed by atoms with Gasteiger partial charge in [0.1, 0.15) is 16.7 Å². The lowest BCUT2D eigenvalue weighted by atomic mass is 10.0. The van der Waals surface area contributed by atoms with E-state index < -0.39 is 22.0 Å². The van der Waals surface area contributed by atoms with Crippen molar-refractivity contribution in [2.45, 2.75) is 36.7 Å². The topological polar surface area (TPSA) is 104 Å².